The fraction of sp³-hybridized carbons (Fsp3) is 0.444. The standard InChI is InChI=1S/C27H29ClF2N2O5/c1-26(2)7-8-32(15-26)14-19(24(33)16-3-5-21-22(12-16)36-10-9-35-21)31-25(34)27(29,30)23-13-17-11-18(28)4-6-20(17)37-23/h3-6,11-13,19,24,33H,7-10,14-15H2,1-2H3,(H,31,34)/t19-,24-/m1/s1. The van der Waals surface area contributed by atoms with Crippen molar-refractivity contribution < 1.29 is 32.6 Å². The van der Waals surface area contributed by atoms with Gasteiger partial charge in [-0.1, -0.05) is 31.5 Å². The van der Waals surface area contributed by atoms with Crippen molar-refractivity contribution >= 4 is 28.5 Å². The highest BCUT2D eigenvalue weighted by molar-refractivity contribution is 6.31. The van der Waals surface area contributed by atoms with E-state index in [-0.39, 0.29) is 17.5 Å². The molecule has 1 fully saturated rings. The minimum atomic E-state index is -3.97. The lowest BCUT2D eigenvalue weighted by atomic mass is 9.93. The van der Waals surface area contributed by atoms with Crippen LogP contribution in [0.4, 0.5) is 8.78 Å². The molecular formula is C27H29ClF2N2O5. The van der Waals surface area contributed by atoms with E-state index >= 15 is 8.78 Å². The largest absolute Gasteiger partial charge is 0.486 e. The summed E-state index contributed by atoms with van der Waals surface area (Å²) in [5.41, 5.74) is 0.671. The van der Waals surface area contributed by atoms with Gasteiger partial charge in [-0.3, -0.25) is 4.79 Å². The molecule has 2 aromatic carbocycles. The van der Waals surface area contributed by atoms with Crippen LogP contribution in [0, 0.1) is 5.41 Å². The predicted molar refractivity (Wildman–Crippen MR) is 134 cm³/mol. The monoisotopic (exact) mass is 534 g/mol. The summed E-state index contributed by atoms with van der Waals surface area (Å²) < 4.78 is 47.0. The lowest BCUT2D eigenvalue weighted by Crippen LogP contribution is -2.51. The van der Waals surface area contributed by atoms with Crippen LogP contribution in [0.1, 0.15) is 37.7 Å². The number of aliphatic hydroxyl groups is 1. The van der Waals surface area contributed by atoms with Gasteiger partial charge in [-0.2, -0.15) is 8.78 Å². The Balaban J connectivity index is 1.40. The molecule has 0 saturated carbocycles. The molecule has 0 unspecified atom stereocenters. The summed E-state index contributed by atoms with van der Waals surface area (Å²) >= 11 is 5.95. The predicted octanol–water partition coefficient (Wildman–Crippen LogP) is 4.90. The number of rotatable bonds is 7. The zero-order valence-corrected chi connectivity index (χ0v) is 21.4. The minimum Gasteiger partial charge on any atom is -0.486 e. The van der Waals surface area contributed by atoms with Gasteiger partial charge in [0, 0.05) is 23.5 Å². The highest BCUT2D eigenvalue weighted by Crippen LogP contribution is 2.37. The zero-order chi connectivity index (χ0) is 26.4. The maximum atomic E-state index is 15.3. The highest BCUT2D eigenvalue weighted by Gasteiger charge is 2.46. The molecule has 0 spiro atoms. The topological polar surface area (TPSA) is 84.2 Å². The second-order valence-corrected chi connectivity index (χ2v) is 10.9. The molecule has 7 nitrogen and oxygen atoms in total. The van der Waals surface area contributed by atoms with E-state index in [4.69, 9.17) is 25.5 Å². The van der Waals surface area contributed by atoms with E-state index in [9.17, 15) is 9.90 Å². The number of likely N-dealkylation sites (tertiary alicyclic amines) is 1. The SMILES string of the molecule is CC1(C)CCN(C[C@@H](NC(=O)C(F)(F)c2cc3cc(Cl)ccc3o2)[C@H](O)c2ccc3c(c2)OCCO3)C1. The van der Waals surface area contributed by atoms with Crippen molar-refractivity contribution in [1.82, 2.24) is 10.2 Å². The van der Waals surface area contributed by atoms with Gasteiger partial charge in [-0.25, -0.2) is 0 Å². The number of furan rings is 1. The lowest BCUT2D eigenvalue weighted by Gasteiger charge is -2.31. The molecule has 2 aliphatic rings. The number of hydrogen-bond donors (Lipinski definition) is 2. The Hall–Kier alpha value is -2.88. The first kappa shape index (κ1) is 25.8. The third-order valence-electron chi connectivity index (χ3n) is 6.89. The molecule has 1 amide bonds. The number of benzene rings is 2. The third kappa shape index (κ3) is 5.39. The fourth-order valence-electron chi connectivity index (χ4n) is 4.90. The first-order valence-corrected chi connectivity index (χ1v) is 12.6. The van der Waals surface area contributed by atoms with Gasteiger partial charge in [0.1, 0.15) is 24.9 Å². The molecule has 3 heterocycles. The molecule has 2 aliphatic heterocycles. The number of ether oxygens (including phenoxy) is 2. The Morgan fingerprint density at radius 2 is 1.92 bits per heavy atom. The number of fused-ring (bicyclic) bond motifs is 2. The van der Waals surface area contributed by atoms with Crippen molar-refractivity contribution in [2.45, 2.75) is 38.3 Å². The van der Waals surface area contributed by atoms with Gasteiger partial charge in [-0.05, 0) is 60.3 Å². The van der Waals surface area contributed by atoms with Crippen molar-refractivity contribution in [2.24, 2.45) is 5.41 Å². The van der Waals surface area contributed by atoms with E-state index in [1.165, 1.54) is 18.2 Å². The van der Waals surface area contributed by atoms with Gasteiger partial charge in [0.15, 0.2) is 17.3 Å². The van der Waals surface area contributed by atoms with Crippen LogP contribution < -0.4 is 14.8 Å². The van der Waals surface area contributed by atoms with Crippen LogP contribution in [0.15, 0.2) is 46.9 Å². The van der Waals surface area contributed by atoms with E-state index < -0.39 is 29.7 Å². The van der Waals surface area contributed by atoms with Crippen LogP contribution in [0.3, 0.4) is 0 Å². The molecule has 1 aromatic heterocycles. The Bertz CT molecular complexity index is 1310. The molecule has 0 aliphatic carbocycles. The second-order valence-electron chi connectivity index (χ2n) is 10.4. The maximum Gasteiger partial charge on any atom is 0.380 e. The van der Waals surface area contributed by atoms with E-state index in [1.807, 2.05) is 0 Å². The van der Waals surface area contributed by atoms with Crippen molar-refractivity contribution in [3.63, 3.8) is 0 Å². The van der Waals surface area contributed by atoms with Crippen LogP contribution in [0.5, 0.6) is 11.5 Å². The van der Waals surface area contributed by atoms with Crippen molar-refractivity contribution in [2.75, 3.05) is 32.8 Å². The smallest absolute Gasteiger partial charge is 0.380 e. The summed E-state index contributed by atoms with van der Waals surface area (Å²) in [6, 6.07) is 9.50. The number of aliphatic hydroxyl groups excluding tert-OH is 1. The molecule has 198 valence electrons. The number of halogens is 3. The molecule has 37 heavy (non-hydrogen) atoms. The quantitative estimate of drug-likeness (QED) is 0.448. The highest BCUT2D eigenvalue weighted by atomic mass is 35.5. The first-order valence-electron chi connectivity index (χ1n) is 12.2. The molecule has 1 saturated heterocycles. The molecule has 2 atom stereocenters. The average Bonchev–Trinajstić information content (AvgIpc) is 3.45. The minimum absolute atomic E-state index is 0.0516. The summed E-state index contributed by atoms with van der Waals surface area (Å²) in [5.74, 6) is -5.32. The van der Waals surface area contributed by atoms with E-state index in [0.717, 1.165) is 19.0 Å². The Morgan fingerprint density at radius 1 is 1.16 bits per heavy atom. The Labute approximate surface area is 218 Å². The van der Waals surface area contributed by atoms with Gasteiger partial charge in [0.05, 0.1) is 6.04 Å². The average molecular weight is 535 g/mol. The Morgan fingerprint density at radius 3 is 2.65 bits per heavy atom. The molecule has 5 rings (SSSR count). The number of carbonyl (C=O) groups is 1. The summed E-state index contributed by atoms with van der Waals surface area (Å²) in [4.78, 5) is 15.0. The number of nitrogens with one attached hydrogen (secondary N) is 1. The number of carbonyl (C=O) groups excluding carboxylic acids is 1. The van der Waals surface area contributed by atoms with E-state index in [2.05, 4.69) is 24.1 Å². The molecule has 2 N–H and O–H groups in total. The summed E-state index contributed by atoms with van der Waals surface area (Å²) in [7, 11) is 0. The zero-order valence-electron chi connectivity index (χ0n) is 20.6. The van der Waals surface area contributed by atoms with Crippen LogP contribution in [-0.2, 0) is 10.7 Å². The van der Waals surface area contributed by atoms with Gasteiger partial charge in [0.2, 0.25) is 0 Å². The van der Waals surface area contributed by atoms with Gasteiger partial charge in [0.25, 0.3) is 5.91 Å². The van der Waals surface area contributed by atoms with Crippen molar-refractivity contribution in [3.8, 4) is 11.5 Å². The normalized spacial score (nSPS) is 19.1. The summed E-state index contributed by atoms with van der Waals surface area (Å²) in [5, 5.41) is 14.4. The van der Waals surface area contributed by atoms with E-state index in [1.54, 1.807) is 18.2 Å². The summed E-state index contributed by atoms with van der Waals surface area (Å²) in [6.07, 6.45) is -0.348. The number of alkyl halides is 2. The van der Waals surface area contributed by atoms with Gasteiger partial charge < -0.3 is 29.2 Å². The number of nitrogens with zero attached hydrogens (tertiary/aromatic N) is 1. The second kappa shape index (κ2) is 9.78. The van der Waals surface area contributed by atoms with Gasteiger partial charge in [-0.15, -0.1) is 0 Å². The van der Waals surface area contributed by atoms with Gasteiger partial charge >= 0.3 is 5.92 Å². The molecular weight excluding hydrogens is 506 g/mol. The Kier molecular flexibility index (Phi) is 6.81. The van der Waals surface area contributed by atoms with Crippen LogP contribution in [0.2, 0.25) is 5.02 Å². The fourth-order valence-corrected chi connectivity index (χ4v) is 5.08. The maximum absolute atomic E-state index is 15.3. The van der Waals surface area contributed by atoms with Crippen molar-refractivity contribution in [1.29, 1.82) is 0 Å². The molecule has 0 bridgehead atoms. The lowest BCUT2D eigenvalue weighted by molar-refractivity contribution is -0.151. The van der Waals surface area contributed by atoms with Crippen LogP contribution in [0.25, 0.3) is 11.0 Å². The molecule has 10 heteroatoms. The number of amides is 1. The number of hydrogen-bond acceptors (Lipinski definition) is 6. The van der Waals surface area contributed by atoms with Crippen LogP contribution >= 0.6 is 11.6 Å². The summed E-state index contributed by atoms with van der Waals surface area (Å²) in [6.45, 7) is 6.67. The first-order chi connectivity index (χ1) is 17.5. The van der Waals surface area contributed by atoms with Crippen molar-refractivity contribution in [3.05, 3.63) is 58.8 Å². The van der Waals surface area contributed by atoms with Crippen LogP contribution in [-0.4, -0.2) is 54.8 Å². The molecule has 3 aromatic rings. The molecule has 0 radical (unpaired) electrons. The third-order valence-corrected chi connectivity index (χ3v) is 7.12. The van der Waals surface area contributed by atoms with E-state index in [0.29, 0.717) is 47.2 Å².